The van der Waals surface area contributed by atoms with Crippen LogP contribution in [0.2, 0.25) is 0 Å². The number of rotatable bonds is 11. The topological polar surface area (TPSA) is 171 Å². The summed E-state index contributed by atoms with van der Waals surface area (Å²) in [5, 5.41) is 3.24. The number of amides is 1. The Labute approximate surface area is 367 Å². The lowest BCUT2D eigenvalue weighted by molar-refractivity contribution is -0.576. The molecule has 0 aromatic rings. The van der Waals surface area contributed by atoms with E-state index in [9.17, 15) is 24.0 Å². The van der Waals surface area contributed by atoms with Gasteiger partial charge in [-0.25, -0.2) is 9.78 Å². The molecular formula is C48H73NO13. The molecule has 4 aliphatic heterocycles. The first-order chi connectivity index (χ1) is 29.3. The molecular weight excluding hydrogens is 799 g/mol. The summed E-state index contributed by atoms with van der Waals surface area (Å²) in [6, 6.07) is -0.0957. The average Bonchev–Trinajstić information content (AvgIpc) is 3.42. The lowest BCUT2D eigenvalue weighted by Crippen LogP contribution is -2.70. The van der Waals surface area contributed by atoms with Crippen LogP contribution in [0.4, 0.5) is 0 Å². The minimum Gasteiger partial charge on any atom is -0.469 e. The fourth-order valence-corrected chi connectivity index (χ4v) is 15.3. The van der Waals surface area contributed by atoms with E-state index in [1.807, 2.05) is 13.8 Å². The molecule has 5 saturated carbocycles. The standard InChI is InChI=1S/C48H73NO13/c1-25(11-16-40(53)55-9)32-13-14-35-42-36(24-38(47(32,35)8)57-29(5)51)45(6)20-18-31(22-30(45)23-37(42)56-28(4)50)49-39(52)15-17-41(54)58-43-27(3)34-12-10-26(2)33-19-21-46(7)60-44(59-43)48(33,34)62-61-46/h25-27,30-38,42-44H,10-24H2,1-9H3,(H,49,52)/t25-,26-,27-,30+,31-,32-,33+,34+,35+,36+,37-,38+,42+,43-,44-,45+,46-,47-,48-/m1/s1. The van der Waals surface area contributed by atoms with Crippen molar-refractivity contribution in [1.82, 2.24) is 5.32 Å². The van der Waals surface area contributed by atoms with Gasteiger partial charge in [0.2, 0.25) is 18.0 Å². The van der Waals surface area contributed by atoms with E-state index in [4.69, 9.17) is 38.2 Å². The third-order valence-electron chi connectivity index (χ3n) is 18.4. The Kier molecular flexibility index (Phi) is 12.7. The highest BCUT2D eigenvalue weighted by atomic mass is 17.3. The molecule has 19 atom stereocenters. The number of hydrogen-bond acceptors (Lipinski definition) is 13. The molecule has 1 spiro atoms. The second kappa shape index (κ2) is 17.2. The van der Waals surface area contributed by atoms with Crippen molar-refractivity contribution in [1.29, 1.82) is 0 Å². The minimum absolute atomic E-state index is 0.00933. The maximum Gasteiger partial charge on any atom is 0.308 e. The lowest BCUT2D eigenvalue weighted by atomic mass is 9.43. The molecule has 14 nitrogen and oxygen atoms in total. The van der Waals surface area contributed by atoms with E-state index < -0.39 is 29.9 Å². The first kappa shape index (κ1) is 45.7. The van der Waals surface area contributed by atoms with Crippen molar-refractivity contribution in [3.63, 3.8) is 0 Å². The molecule has 1 N–H and O–H groups in total. The van der Waals surface area contributed by atoms with Gasteiger partial charge in [-0.1, -0.05) is 34.6 Å². The fourth-order valence-electron chi connectivity index (χ4n) is 15.3. The van der Waals surface area contributed by atoms with Crippen LogP contribution in [0, 0.1) is 70.0 Å². The van der Waals surface area contributed by atoms with Crippen molar-refractivity contribution in [3.05, 3.63) is 0 Å². The zero-order valence-corrected chi connectivity index (χ0v) is 38.6. The van der Waals surface area contributed by atoms with Crippen LogP contribution in [-0.4, -0.2) is 79.1 Å². The predicted molar refractivity (Wildman–Crippen MR) is 222 cm³/mol. The largest absolute Gasteiger partial charge is 0.469 e. The van der Waals surface area contributed by atoms with E-state index in [0.29, 0.717) is 38.0 Å². The van der Waals surface area contributed by atoms with Crippen LogP contribution in [0.1, 0.15) is 152 Å². The van der Waals surface area contributed by atoms with E-state index in [2.05, 4.69) is 33.0 Å². The van der Waals surface area contributed by atoms with Crippen LogP contribution in [0.5, 0.6) is 0 Å². The number of ether oxygens (including phenoxy) is 6. The molecule has 4 saturated heterocycles. The van der Waals surface area contributed by atoms with Crippen molar-refractivity contribution in [2.45, 2.75) is 194 Å². The third kappa shape index (κ3) is 7.90. The summed E-state index contributed by atoms with van der Waals surface area (Å²) >= 11 is 0. The zero-order valence-electron chi connectivity index (χ0n) is 38.6. The quantitative estimate of drug-likeness (QED) is 0.124. The zero-order chi connectivity index (χ0) is 44.5. The third-order valence-corrected chi connectivity index (χ3v) is 18.4. The average molecular weight is 872 g/mol. The van der Waals surface area contributed by atoms with E-state index in [1.54, 1.807) is 0 Å². The van der Waals surface area contributed by atoms with Gasteiger partial charge in [0.05, 0.1) is 13.5 Å². The van der Waals surface area contributed by atoms with Crippen molar-refractivity contribution in [2.24, 2.45) is 70.0 Å². The molecule has 62 heavy (non-hydrogen) atoms. The van der Waals surface area contributed by atoms with Gasteiger partial charge in [0.1, 0.15) is 12.2 Å². The lowest BCUT2D eigenvalue weighted by Gasteiger charge is -2.64. The highest BCUT2D eigenvalue weighted by Crippen LogP contribution is 2.69. The Morgan fingerprint density at radius 3 is 2.23 bits per heavy atom. The van der Waals surface area contributed by atoms with Gasteiger partial charge in [-0.3, -0.25) is 24.0 Å². The summed E-state index contributed by atoms with van der Waals surface area (Å²) in [6.07, 6.45) is 7.95. The fraction of sp³-hybridized carbons (Fsp3) is 0.896. The molecule has 0 radical (unpaired) electrons. The van der Waals surface area contributed by atoms with Gasteiger partial charge in [-0.15, -0.1) is 0 Å². The van der Waals surface area contributed by atoms with Crippen molar-refractivity contribution in [2.75, 3.05) is 7.11 Å². The summed E-state index contributed by atoms with van der Waals surface area (Å²) in [6.45, 7) is 16.0. The molecule has 14 heteroatoms. The summed E-state index contributed by atoms with van der Waals surface area (Å²) < 4.78 is 36.4. The number of methoxy groups -OCH3 is 1. The van der Waals surface area contributed by atoms with Gasteiger partial charge in [0.15, 0.2) is 11.9 Å². The molecule has 9 rings (SSSR count). The van der Waals surface area contributed by atoms with E-state index in [-0.39, 0.29) is 119 Å². The van der Waals surface area contributed by atoms with Crippen LogP contribution in [0.3, 0.4) is 0 Å². The van der Waals surface area contributed by atoms with Crippen LogP contribution in [0.15, 0.2) is 0 Å². The van der Waals surface area contributed by atoms with Gasteiger partial charge in [0, 0.05) is 62.3 Å². The van der Waals surface area contributed by atoms with E-state index in [1.165, 1.54) is 21.0 Å². The van der Waals surface area contributed by atoms with Crippen LogP contribution in [-0.2, 0) is 62.2 Å². The second-order valence-corrected chi connectivity index (χ2v) is 21.7. The van der Waals surface area contributed by atoms with Gasteiger partial charge in [0.25, 0.3) is 0 Å². The molecule has 0 unspecified atom stereocenters. The number of nitrogens with one attached hydrogen (secondary N) is 1. The van der Waals surface area contributed by atoms with Crippen LogP contribution < -0.4 is 5.32 Å². The molecule has 4 heterocycles. The molecule has 0 aromatic carbocycles. The summed E-state index contributed by atoms with van der Waals surface area (Å²) in [4.78, 5) is 76.7. The number of fused-ring (bicyclic) bond motifs is 7. The predicted octanol–water partition coefficient (Wildman–Crippen LogP) is 7.33. The summed E-state index contributed by atoms with van der Waals surface area (Å²) in [7, 11) is 1.42. The first-order valence-electron chi connectivity index (χ1n) is 23.9. The Morgan fingerprint density at radius 1 is 0.758 bits per heavy atom. The molecule has 9 fully saturated rings. The Hall–Kier alpha value is -2.81. The number of esters is 4. The molecule has 1 amide bonds. The van der Waals surface area contributed by atoms with Crippen LogP contribution in [0.25, 0.3) is 0 Å². The minimum atomic E-state index is -0.932. The Balaban J connectivity index is 0.906. The van der Waals surface area contributed by atoms with E-state index in [0.717, 1.165) is 51.4 Å². The number of carbonyl (C=O) groups excluding carboxylic acids is 5. The van der Waals surface area contributed by atoms with Gasteiger partial charge in [-0.05, 0) is 124 Å². The van der Waals surface area contributed by atoms with E-state index >= 15 is 0 Å². The number of carbonyl (C=O) groups is 5. The smallest absolute Gasteiger partial charge is 0.308 e. The first-order valence-corrected chi connectivity index (χ1v) is 23.9. The summed E-state index contributed by atoms with van der Waals surface area (Å²) in [5.41, 5.74) is -1.22. The van der Waals surface area contributed by atoms with Crippen LogP contribution >= 0.6 is 0 Å². The van der Waals surface area contributed by atoms with Crippen molar-refractivity contribution >= 4 is 29.8 Å². The second-order valence-electron chi connectivity index (χ2n) is 21.7. The molecule has 348 valence electrons. The summed E-state index contributed by atoms with van der Waals surface area (Å²) in [5.74, 6) is -0.955. The normalized spacial score (nSPS) is 46.9. The van der Waals surface area contributed by atoms with Gasteiger partial charge in [-0.2, -0.15) is 0 Å². The van der Waals surface area contributed by atoms with Gasteiger partial charge >= 0.3 is 23.9 Å². The molecule has 5 aliphatic carbocycles. The molecule has 0 aromatic heterocycles. The van der Waals surface area contributed by atoms with Crippen molar-refractivity contribution < 1.29 is 62.2 Å². The SMILES string of the molecule is COC(=O)CC[C@@H](C)[C@H]1CC[C@H]2[C@@H]3[C@H](OC(C)=O)C[C@@H]4C[C@H](NC(=O)CCC(=O)O[C@@H]5O[C@@H]6O[C@@]7(C)CC[C@H]8[C@H](C)CC[C@@H]([C@H]5C)[C@@]68OO7)CC[C@]4(C)[C@H]3C[C@H](OC(C)=O)[C@]12C. The maximum atomic E-state index is 13.5. The highest BCUT2D eigenvalue weighted by Gasteiger charge is 2.71. The Bertz CT molecular complexity index is 1740. The van der Waals surface area contributed by atoms with Crippen molar-refractivity contribution in [3.8, 4) is 0 Å². The highest BCUT2D eigenvalue weighted by molar-refractivity contribution is 5.81. The number of hydrogen-bond donors (Lipinski definition) is 1. The molecule has 2 bridgehead atoms. The van der Waals surface area contributed by atoms with Gasteiger partial charge < -0.3 is 33.7 Å². The Morgan fingerprint density at radius 2 is 1.50 bits per heavy atom. The molecule has 9 aliphatic rings. The monoisotopic (exact) mass is 872 g/mol. The maximum absolute atomic E-state index is 13.5.